The van der Waals surface area contributed by atoms with Gasteiger partial charge in [-0.15, -0.1) is 0 Å². The minimum absolute atomic E-state index is 0.00418. The molecule has 2 saturated heterocycles. The summed E-state index contributed by atoms with van der Waals surface area (Å²) in [5.41, 5.74) is 3.43. The van der Waals surface area contributed by atoms with E-state index in [1.807, 2.05) is 34.9 Å². The molecule has 0 N–H and O–H groups in total. The Balaban J connectivity index is 1.30. The molecule has 9 heteroatoms. The van der Waals surface area contributed by atoms with Crippen LogP contribution in [0.25, 0.3) is 0 Å². The van der Waals surface area contributed by atoms with Crippen molar-refractivity contribution in [2.24, 2.45) is 0 Å². The number of aromatic nitrogens is 2. The molecular weight excluding hydrogens is 485 g/mol. The Hall–Kier alpha value is -2.22. The molecule has 0 unspecified atom stereocenters. The standard InChI is InChI=1S/C26H33Cl2N5O2/c1-18-24(5-3-4-20-6-7-22(27)23(28)16-20)29-17-30-25(18)26(35)33-10-8-21(9-11-33)32-14-12-31(13-15-32)19(2)34/h6-7,16-17,21H,3-5,8-15H2,1-2H3. The number of halogens is 2. The minimum Gasteiger partial charge on any atom is -0.340 e. The summed E-state index contributed by atoms with van der Waals surface area (Å²) in [5.74, 6) is 0.148. The molecule has 2 aliphatic rings. The summed E-state index contributed by atoms with van der Waals surface area (Å²) in [4.78, 5) is 40.0. The van der Waals surface area contributed by atoms with Crippen LogP contribution in [-0.4, -0.2) is 81.8 Å². The summed E-state index contributed by atoms with van der Waals surface area (Å²) >= 11 is 12.1. The molecule has 0 atom stereocenters. The Morgan fingerprint density at radius 1 is 0.943 bits per heavy atom. The van der Waals surface area contributed by atoms with Gasteiger partial charge in [-0.3, -0.25) is 14.5 Å². The van der Waals surface area contributed by atoms with Crippen molar-refractivity contribution in [1.82, 2.24) is 24.7 Å². The second-order valence-corrected chi connectivity index (χ2v) is 10.3. The zero-order chi connectivity index (χ0) is 24.9. The van der Waals surface area contributed by atoms with E-state index in [9.17, 15) is 9.59 Å². The number of piperazine rings is 1. The molecule has 0 bridgehead atoms. The number of amides is 2. The van der Waals surface area contributed by atoms with E-state index in [1.165, 1.54) is 6.33 Å². The number of benzene rings is 1. The summed E-state index contributed by atoms with van der Waals surface area (Å²) in [7, 11) is 0. The molecular formula is C26H33Cl2N5O2. The van der Waals surface area contributed by atoms with Crippen LogP contribution in [0.5, 0.6) is 0 Å². The van der Waals surface area contributed by atoms with Crippen LogP contribution in [0.1, 0.15) is 53.5 Å². The van der Waals surface area contributed by atoms with Gasteiger partial charge in [0.1, 0.15) is 12.0 Å². The fraction of sp³-hybridized carbons (Fsp3) is 0.538. The van der Waals surface area contributed by atoms with Crippen LogP contribution in [0, 0.1) is 6.92 Å². The van der Waals surface area contributed by atoms with Crippen molar-refractivity contribution in [2.75, 3.05) is 39.3 Å². The lowest BCUT2D eigenvalue weighted by atomic mass is 10.0. The van der Waals surface area contributed by atoms with E-state index >= 15 is 0 Å². The maximum atomic E-state index is 13.3. The maximum Gasteiger partial charge on any atom is 0.272 e. The number of hydrogen-bond acceptors (Lipinski definition) is 5. The lowest BCUT2D eigenvalue weighted by Crippen LogP contribution is -2.54. The largest absolute Gasteiger partial charge is 0.340 e. The van der Waals surface area contributed by atoms with E-state index in [2.05, 4.69) is 14.9 Å². The van der Waals surface area contributed by atoms with Gasteiger partial charge in [0.05, 0.1) is 10.0 Å². The average molecular weight is 518 g/mol. The van der Waals surface area contributed by atoms with Gasteiger partial charge in [0.15, 0.2) is 0 Å². The van der Waals surface area contributed by atoms with Crippen molar-refractivity contribution in [3.05, 3.63) is 57.1 Å². The lowest BCUT2D eigenvalue weighted by Gasteiger charge is -2.42. The summed E-state index contributed by atoms with van der Waals surface area (Å²) in [6.07, 6.45) is 5.93. The highest BCUT2D eigenvalue weighted by atomic mass is 35.5. The maximum absolute atomic E-state index is 13.3. The predicted octanol–water partition coefficient (Wildman–Crippen LogP) is 4.04. The molecule has 1 aromatic heterocycles. The molecule has 3 heterocycles. The van der Waals surface area contributed by atoms with Gasteiger partial charge in [0.25, 0.3) is 5.91 Å². The van der Waals surface area contributed by atoms with Crippen molar-refractivity contribution in [1.29, 1.82) is 0 Å². The SMILES string of the molecule is CC(=O)N1CCN(C2CCN(C(=O)c3ncnc(CCCc4ccc(Cl)c(Cl)c4)c3C)CC2)CC1. The highest BCUT2D eigenvalue weighted by Gasteiger charge is 2.31. The zero-order valence-electron chi connectivity index (χ0n) is 20.5. The smallest absolute Gasteiger partial charge is 0.272 e. The summed E-state index contributed by atoms with van der Waals surface area (Å²) in [6.45, 7) is 8.45. The summed E-state index contributed by atoms with van der Waals surface area (Å²) in [6, 6.07) is 6.18. The molecule has 35 heavy (non-hydrogen) atoms. The molecule has 0 saturated carbocycles. The van der Waals surface area contributed by atoms with Gasteiger partial charge in [-0.2, -0.15) is 0 Å². The Morgan fingerprint density at radius 2 is 1.66 bits per heavy atom. The van der Waals surface area contributed by atoms with Crippen LogP contribution >= 0.6 is 23.2 Å². The van der Waals surface area contributed by atoms with Crippen molar-refractivity contribution < 1.29 is 9.59 Å². The van der Waals surface area contributed by atoms with Crippen LogP contribution < -0.4 is 0 Å². The Kier molecular flexibility index (Phi) is 8.63. The molecule has 0 spiro atoms. The molecule has 0 aliphatic carbocycles. The first-order valence-electron chi connectivity index (χ1n) is 12.4. The van der Waals surface area contributed by atoms with Crippen LogP contribution in [0.15, 0.2) is 24.5 Å². The highest BCUT2D eigenvalue weighted by Crippen LogP contribution is 2.24. The number of rotatable bonds is 6. The number of aryl methyl sites for hydroxylation is 2. The van der Waals surface area contributed by atoms with Gasteiger partial charge in [0.2, 0.25) is 5.91 Å². The number of carbonyl (C=O) groups is 2. The first-order valence-corrected chi connectivity index (χ1v) is 13.1. The number of likely N-dealkylation sites (tertiary alicyclic amines) is 1. The van der Waals surface area contributed by atoms with Gasteiger partial charge in [-0.05, 0) is 56.7 Å². The van der Waals surface area contributed by atoms with Crippen LogP contribution in [-0.2, 0) is 17.6 Å². The third kappa shape index (κ3) is 6.32. The normalized spacial score (nSPS) is 17.6. The van der Waals surface area contributed by atoms with E-state index in [-0.39, 0.29) is 11.8 Å². The van der Waals surface area contributed by atoms with Gasteiger partial charge >= 0.3 is 0 Å². The van der Waals surface area contributed by atoms with E-state index in [0.717, 1.165) is 88.2 Å². The van der Waals surface area contributed by atoms with Crippen LogP contribution in [0.3, 0.4) is 0 Å². The molecule has 188 valence electrons. The van der Waals surface area contributed by atoms with Gasteiger partial charge in [-0.1, -0.05) is 29.3 Å². The first kappa shape index (κ1) is 25.9. The van der Waals surface area contributed by atoms with Gasteiger partial charge in [-0.25, -0.2) is 9.97 Å². The molecule has 1 aromatic carbocycles. The number of carbonyl (C=O) groups excluding carboxylic acids is 2. The van der Waals surface area contributed by atoms with Gasteiger partial charge in [0, 0.05) is 63.5 Å². The molecule has 2 amide bonds. The number of nitrogens with zero attached hydrogens (tertiary/aromatic N) is 5. The second kappa shape index (κ2) is 11.7. The van der Waals surface area contributed by atoms with Crippen molar-refractivity contribution in [2.45, 2.75) is 52.0 Å². The van der Waals surface area contributed by atoms with E-state index in [4.69, 9.17) is 23.2 Å². The summed E-state index contributed by atoms with van der Waals surface area (Å²) in [5, 5.41) is 1.13. The van der Waals surface area contributed by atoms with Crippen molar-refractivity contribution >= 4 is 35.0 Å². The predicted molar refractivity (Wildman–Crippen MR) is 138 cm³/mol. The Morgan fingerprint density at radius 3 is 2.31 bits per heavy atom. The molecule has 7 nitrogen and oxygen atoms in total. The monoisotopic (exact) mass is 517 g/mol. The first-order chi connectivity index (χ1) is 16.8. The fourth-order valence-corrected chi connectivity index (χ4v) is 5.42. The second-order valence-electron chi connectivity index (χ2n) is 9.46. The highest BCUT2D eigenvalue weighted by molar-refractivity contribution is 6.42. The Labute approximate surface area is 217 Å². The number of hydrogen-bond donors (Lipinski definition) is 0. The fourth-order valence-electron chi connectivity index (χ4n) is 5.10. The van der Waals surface area contributed by atoms with Crippen molar-refractivity contribution in [3.8, 4) is 0 Å². The van der Waals surface area contributed by atoms with Crippen LogP contribution in [0.2, 0.25) is 10.0 Å². The topological polar surface area (TPSA) is 69.6 Å². The average Bonchev–Trinajstić information content (AvgIpc) is 2.87. The van der Waals surface area contributed by atoms with E-state index in [1.54, 1.807) is 6.92 Å². The lowest BCUT2D eigenvalue weighted by molar-refractivity contribution is -0.131. The van der Waals surface area contributed by atoms with E-state index in [0.29, 0.717) is 21.8 Å². The van der Waals surface area contributed by atoms with Gasteiger partial charge < -0.3 is 9.80 Å². The molecule has 0 radical (unpaired) electrons. The van der Waals surface area contributed by atoms with E-state index < -0.39 is 0 Å². The molecule has 4 rings (SSSR count). The van der Waals surface area contributed by atoms with Crippen molar-refractivity contribution in [3.63, 3.8) is 0 Å². The summed E-state index contributed by atoms with van der Waals surface area (Å²) < 4.78 is 0. The molecule has 2 aliphatic heterocycles. The zero-order valence-corrected chi connectivity index (χ0v) is 22.0. The third-order valence-electron chi connectivity index (χ3n) is 7.28. The van der Waals surface area contributed by atoms with Crippen LogP contribution in [0.4, 0.5) is 0 Å². The Bertz CT molecular complexity index is 1060. The third-order valence-corrected chi connectivity index (χ3v) is 8.02. The molecule has 2 aromatic rings. The molecule has 2 fully saturated rings. The number of piperidine rings is 1. The minimum atomic E-state index is -0.00418. The quantitative estimate of drug-likeness (QED) is 0.578.